The molecule has 1 unspecified atom stereocenters. The van der Waals surface area contributed by atoms with Crippen molar-refractivity contribution in [1.29, 1.82) is 10.5 Å². The molecular formula is C17H21N3O. The van der Waals surface area contributed by atoms with E-state index in [1.54, 1.807) is 4.90 Å². The van der Waals surface area contributed by atoms with E-state index in [-0.39, 0.29) is 5.91 Å². The Bertz CT molecular complexity index is 525. The van der Waals surface area contributed by atoms with Crippen molar-refractivity contribution < 1.29 is 4.79 Å². The van der Waals surface area contributed by atoms with Crippen molar-refractivity contribution >= 4 is 5.91 Å². The molecule has 0 aliphatic rings. The largest absolute Gasteiger partial charge is 0.340 e. The van der Waals surface area contributed by atoms with Crippen molar-refractivity contribution in [2.75, 3.05) is 13.1 Å². The molecule has 1 rings (SSSR count). The lowest BCUT2D eigenvalue weighted by Gasteiger charge is -2.25. The highest BCUT2D eigenvalue weighted by Gasteiger charge is 2.24. The second-order valence-corrected chi connectivity index (χ2v) is 5.46. The fourth-order valence-electron chi connectivity index (χ4n) is 2.18. The maximum Gasteiger partial charge on any atom is 0.240 e. The van der Waals surface area contributed by atoms with Crippen LogP contribution in [0.1, 0.15) is 25.8 Å². The van der Waals surface area contributed by atoms with Crippen molar-refractivity contribution in [1.82, 2.24) is 4.90 Å². The van der Waals surface area contributed by atoms with Gasteiger partial charge >= 0.3 is 0 Å². The normalized spacial score (nSPS) is 11.5. The van der Waals surface area contributed by atoms with Gasteiger partial charge in [0.25, 0.3) is 0 Å². The Balaban J connectivity index is 2.78. The van der Waals surface area contributed by atoms with E-state index >= 15 is 0 Å². The molecule has 0 N–H and O–H groups in total. The molecule has 0 spiro atoms. The van der Waals surface area contributed by atoms with Gasteiger partial charge in [-0.05, 0) is 17.9 Å². The summed E-state index contributed by atoms with van der Waals surface area (Å²) in [5.74, 6) is -0.557. The van der Waals surface area contributed by atoms with Gasteiger partial charge in [0.05, 0.1) is 18.6 Å². The fourth-order valence-corrected chi connectivity index (χ4v) is 2.18. The van der Waals surface area contributed by atoms with Crippen LogP contribution in [0.3, 0.4) is 0 Å². The lowest BCUT2D eigenvalue weighted by Crippen LogP contribution is -2.39. The number of hydrogen-bond donors (Lipinski definition) is 0. The zero-order valence-corrected chi connectivity index (χ0v) is 12.6. The van der Waals surface area contributed by atoms with Crippen LogP contribution >= 0.6 is 0 Å². The predicted molar refractivity (Wildman–Crippen MR) is 80.9 cm³/mol. The SMILES string of the molecule is CC(C)CN(CCC#N)C(=O)C(C#N)Cc1ccccc1. The van der Waals surface area contributed by atoms with E-state index in [0.717, 1.165) is 5.56 Å². The van der Waals surface area contributed by atoms with E-state index in [2.05, 4.69) is 12.1 Å². The van der Waals surface area contributed by atoms with Crippen LogP contribution in [0.15, 0.2) is 30.3 Å². The van der Waals surface area contributed by atoms with Crippen LogP contribution in [-0.2, 0) is 11.2 Å². The topological polar surface area (TPSA) is 67.9 Å². The Morgan fingerprint density at radius 1 is 1.24 bits per heavy atom. The molecule has 1 amide bonds. The van der Waals surface area contributed by atoms with E-state index < -0.39 is 5.92 Å². The average molecular weight is 283 g/mol. The molecule has 21 heavy (non-hydrogen) atoms. The van der Waals surface area contributed by atoms with Gasteiger partial charge in [0.15, 0.2) is 0 Å². The smallest absolute Gasteiger partial charge is 0.240 e. The first kappa shape index (κ1) is 16.7. The molecule has 0 heterocycles. The number of nitrogens with zero attached hydrogens (tertiary/aromatic N) is 3. The fraction of sp³-hybridized carbons (Fsp3) is 0.471. The summed E-state index contributed by atoms with van der Waals surface area (Å²) in [5.41, 5.74) is 0.974. The minimum atomic E-state index is -0.690. The van der Waals surface area contributed by atoms with E-state index in [1.807, 2.05) is 44.2 Å². The summed E-state index contributed by atoms with van der Waals surface area (Å²) in [4.78, 5) is 14.2. The third-order valence-electron chi connectivity index (χ3n) is 3.13. The monoisotopic (exact) mass is 283 g/mol. The zero-order valence-electron chi connectivity index (χ0n) is 12.6. The molecule has 4 heteroatoms. The van der Waals surface area contributed by atoms with Gasteiger partial charge < -0.3 is 4.90 Å². The molecule has 0 aromatic heterocycles. The molecule has 1 aromatic rings. The quantitative estimate of drug-likeness (QED) is 0.772. The standard InChI is InChI=1S/C17H21N3O/c1-14(2)13-20(10-6-9-18)17(21)16(12-19)11-15-7-4-3-5-8-15/h3-5,7-8,14,16H,6,10-11,13H2,1-2H3. The Hall–Kier alpha value is -2.33. The van der Waals surface area contributed by atoms with Crippen LogP contribution in [0.2, 0.25) is 0 Å². The summed E-state index contributed by atoms with van der Waals surface area (Å²) in [6, 6.07) is 13.7. The highest BCUT2D eigenvalue weighted by Crippen LogP contribution is 2.13. The molecule has 0 saturated heterocycles. The minimum Gasteiger partial charge on any atom is -0.340 e. The van der Waals surface area contributed by atoms with Crippen LogP contribution in [0, 0.1) is 34.5 Å². The molecule has 110 valence electrons. The summed E-state index contributed by atoms with van der Waals surface area (Å²) in [5, 5.41) is 18.0. The highest BCUT2D eigenvalue weighted by molar-refractivity contribution is 5.81. The lowest BCUT2D eigenvalue weighted by molar-refractivity contribution is -0.134. The van der Waals surface area contributed by atoms with Crippen molar-refractivity contribution in [2.24, 2.45) is 11.8 Å². The maximum absolute atomic E-state index is 12.5. The van der Waals surface area contributed by atoms with Gasteiger partial charge in [0.2, 0.25) is 5.91 Å². The van der Waals surface area contributed by atoms with Gasteiger partial charge in [-0.25, -0.2) is 0 Å². The molecular weight excluding hydrogens is 262 g/mol. The first-order valence-corrected chi connectivity index (χ1v) is 7.17. The van der Waals surface area contributed by atoms with Crippen LogP contribution in [0.4, 0.5) is 0 Å². The molecule has 0 saturated carbocycles. The Morgan fingerprint density at radius 3 is 2.43 bits per heavy atom. The summed E-state index contributed by atoms with van der Waals surface area (Å²) >= 11 is 0. The third kappa shape index (κ3) is 5.67. The van der Waals surface area contributed by atoms with E-state index in [4.69, 9.17) is 5.26 Å². The lowest BCUT2D eigenvalue weighted by atomic mass is 9.98. The minimum absolute atomic E-state index is 0.176. The number of benzene rings is 1. The Labute approximate surface area is 126 Å². The van der Waals surface area contributed by atoms with E-state index in [9.17, 15) is 10.1 Å². The number of nitriles is 2. The summed E-state index contributed by atoms with van der Waals surface area (Å²) in [6.45, 7) is 5.00. The van der Waals surface area contributed by atoms with Crippen LogP contribution in [0.25, 0.3) is 0 Å². The van der Waals surface area contributed by atoms with Gasteiger partial charge in [-0.2, -0.15) is 10.5 Å². The van der Waals surface area contributed by atoms with Crippen LogP contribution in [0.5, 0.6) is 0 Å². The number of carbonyl (C=O) groups is 1. The third-order valence-corrected chi connectivity index (χ3v) is 3.13. The second-order valence-electron chi connectivity index (χ2n) is 5.46. The highest BCUT2D eigenvalue weighted by atomic mass is 16.2. The average Bonchev–Trinajstić information content (AvgIpc) is 2.49. The van der Waals surface area contributed by atoms with Crippen molar-refractivity contribution in [3.05, 3.63) is 35.9 Å². The van der Waals surface area contributed by atoms with Gasteiger partial charge in [0, 0.05) is 13.1 Å². The molecule has 0 aliphatic carbocycles. The van der Waals surface area contributed by atoms with Crippen molar-refractivity contribution in [3.8, 4) is 12.1 Å². The molecule has 0 radical (unpaired) electrons. The maximum atomic E-state index is 12.5. The molecule has 0 aliphatic heterocycles. The van der Waals surface area contributed by atoms with Crippen molar-refractivity contribution in [3.63, 3.8) is 0 Å². The van der Waals surface area contributed by atoms with Gasteiger partial charge in [-0.1, -0.05) is 44.2 Å². The summed E-state index contributed by atoms with van der Waals surface area (Å²) in [6.07, 6.45) is 0.708. The number of rotatable bonds is 7. The molecule has 0 fully saturated rings. The number of carbonyl (C=O) groups excluding carboxylic acids is 1. The molecule has 1 aromatic carbocycles. The zero-order chi connectivity index (χ0) is 15.7. The number of amides is 1. The molecule has 4 nitrogen and oxygen atoms in total. The van der Waals surface area contributed by atoms with Gasteiger partial charge in [-0.15, -0.1) is 0 Å². The first-order chi connectivity index (χ1) is 10.1. The van der Waals surface area contributed by atoms with Crippen LogP contribution in [-0.4, -0.2) is 23.9 Å². The predicted octanol–water partition coefficient (Wildman–Crippen LogP) is 2.77. The van der Waals surface area contributed by atoms with Gasteiger partial charge in [-0.3, -0.25) is 4.79 Å². The number of hydrogen-bond acceptors (Lipinski definition) is 3. The summed E-state index contributed by atoms with van der Waals surface area (Å²) < 4.78 is 0. The van der Waals surface area contributed by atoms with Crippen molar-refractivity contribution in [2.45, 2.75) is 26.7 Å². The first-order valence-electron chi connectivity index (χ1n) is 7.17. The Morgan fingerprint density at radius 2 is 1.90 bits per heavy atom. The van der Waals surface area contributed by atoms with E-state index in [0.29, 0.717) is 31.8 Å². The summed E-state index contributed by atoms with van der Waals surface area (Å²) in [7, 11) is 0. The molecule has 0 bridgehead atoms. The van der Waals surface area contributed by atoms with Gasteiger partial charge in [0.1, 0.15) is 5.92 Å². The van der Waals surface area contributed by atoms with E-state index in [1.165, 1.54) is 0 Å². The molecule has 1 atom stereocenters. The second kappa shape index (κ2) is 8.76. The van der Waals surface area contributed by atoms with Crippen LogP contribution < -0.4 is 0 Å². The Kier molecular flexibility index (Phi) is 6.98.